The van der Waals surface area contributed by atoms with Crippen molar-refractivity contribution in [2.75, 3.05) is 19.7 Å². The van der Waals surface area contributed by atoms with Crippen LogP contribution < -0.4 is 5.32 Å². The Morgan fingerprint density at radius 2 is 2.28 bits per heavy atom. The third-order valence-corrected chi connectivity index (χ3v) is 3.81. The lowest BCUT2D eigenvalue weighted by atomic mass is 10.2. The second-order valence-electron chi connectivity index (χ2n) is 5.75. The van der Waals surface area contributed by atoms with Crippen molar-refractivity contribution in [2.45, 2.75) is 26.5 Å². The summed E-state index contributed by atoms with van der Waals surface area (Å²) in [6, 6.07) is 3.27. The van der Waals surface area contributed by atoms with Gasteiger partial charge in [0.05, 0.1) is 31.1 Å². The fourth-order valence-corrected chi connectivity index (χ4v) is 2.49. The quantitative estimate of drug-likeness (QED) is 0.865. The molecule has 1 fully saturated rings. The van der Waals surface area contributed by atoms with Crippen LogP contribution in [0.15, 0.2) is 22.9 Å². The number of morpholine rings is 1. The maximum Gasteiger partial charge on any atom is 0.290 e. The smallest absolute Gasteiger partial charge is 0.290 e. The Hall–Kier alpha value is -2.81. The van der Waals surface area contributed by atoms with Crippen LogP contribution in [0.5, 0.6) is 0 Å². The summed E-state index contributed by atoms with van der Waals surface area (Å²) in [5.74, 6) is 0.282. The van der Waals surface area contributed by atoms with Crippen LogP contribution in [-0.2, 0) is 16.1 Å². The molecule has 1 atom stereocenters. The Labute approximate surface area is 144 Å². The highest BCUT2D eigenvalue weighted by Crippen LogP contribution is 2.19. The fraction of sp³-hybridized carbons (Fsp3) is 0.438. The number of aromatic nitrogens is 3. The van der Waals surface area contributed by atoms with E-state index in [1.165, 1.54) is 6.92 Å². The van der Waals surface area contributed by atoms with Crippen molar-refractivity contribution in [3.05, 3.63) is 41.3 Å². The Morgan fingerprint density at radius 1 is 1.44 bits per heavy atom. The number of nitrogens with zero attached hydrogens (tertiary/aromatic N) is 4. The lowest BCUT2D eigenvalue weighted by Crippen LogP contribution is -2.41. The second kappa shape index (κ2) is 7.39. The average molecular weight is 345 g/mol. The van der Waals surface area contributed by atoms with Gasteiger partial charge in [-0.15, -0.1) is 0 Å². The van der Waals surface area contributed by atoms with Gasteiger partial charge in [-0.1, -0.05) is 5.16 Å². The Balaban J connectivity index is 1.63. The zero-order chi connectivity index (χ0) is 17.8. The summed E-state index contributed by atoms with van der Waals surface area (Å²) in [5, 5.41) is 6.40. The number of hydrogen-bond acceptors (Lipinski definition) is 7. The third kappa shape index (κ3) is 4.18. The molecule has 1 N–H and O–H groups in total. The first-order valence-electron chi connectivity index (χ1n) is 7.93. The Kier molecular flexibility index (Phi) is 5.03. The first-order valence-corrected chi connectivity index (χ1v) is 7.93. The molecule has 2 aromatic heterocycles. The van der Waals surface area contributed by atoms with E-state index in [1.807, 2.05) is 0 Å². The SMILES string of the molecule is CC(=O)N1CCOC(c2nccc(CNC(=O)c3cc(C)no3)n2)C1. The molecule has 0 aliphatic carbocycles. The normalized spacial score (nSPS) is 17.4. The number of ether oxygens (including phenoxy) is 1. The Morgan fingerprint density at radius 3 is 3.00 bits per heavy atom. The molecule has 2 amide bonds. The van der Waals surface area contributed by atoms with Crippen molar-refractivity contribution < 1.29 is 18.8 Å². The highest BCUT2D eigenvalue weighted by atomic mass is 16.5. The highest BCUT2D eigenvalue weighted by molar-refractivity contribution is 5.91. The van der Waals surface area contributed by atoms with Crippen LogP contribution in [0.2, 0.25) is 0 Å². The molecule has 9 nitrogen and oxygen atoms in total. The molecule has 9 heteroatoms. The molecule has 1 aliphatic rings. The molecule has 0 saturated carbocycles. The van der Waals surface area contributed by atoms with E-state index >= 15 is 0 Å². The molecule has 0 aromatic carbocycles. The summed E-state index contributed by atoms with van der Waals surface area (Å²) < 4.78 is 10.6. The zero-order valence-corrected chi connectivity index (χ0v) is 14.1. The topological polar surface area (TPSA) is 110 Å². The van der Waals surface area contributed by atoms with Crippen LogP contribution in [-0.4, -0.2) is 51.5 Å². The molecule has 3 rings (SSSR count). The highest BCUT2D eigenvalue weighted by Gasteiger charge is 2.25. The number of amides is 2. The first kappa shape index (κ1) is 17.0. The van der Waals surface area contributed by atoms with Gasteiger partial charge in [0.2, 0.25) is 11.7 Å². The maximum atomic E-state index is 12.0. The van der Waals surface area contributed by atoms with Crippen LogP contribution in [0.3, 0.4) is 0 Å². The van der Waals surface area contributed by atoms with Gasteiger partial charge in [0, 0.05) is 25.7 Å². The summed E-state index contributed by atoms with van der Waals surface area (Å²) in [4.78, 5) is 33.9. The molecule has 1 unspecified atom stereocenters. The fourth-order valence-electron chi connectivity index (χ4n) is 2.49. The van der Waals surface area contributed by atoms with Crippen molar-refractivity contribution in [3.63, 3.8) is 0 Å². The minimum Gasteiger partial charge on any atom is -0.367 e. The summed E-state index contributed by atoms with van der Waals surface area (Å²) >= 11 is 0. The third-order valence-electron chi connectivity index (χ3n) is 3.81. The van der Waals surface area contributed by atoms with E-state index < -0.39 is 0 Å². The Bertz CT molecular complexity index is 775. The van der Waals surface area contributed by atoms with Crippen molar-refractivity contribution in [1.29, 1.82) is 0 Å². The van der Waals surface area contributed by atoms with Gasteiger partial charge in [0.15, 0.2) is 5.82 Å². The van der Waals surface area contributed by atoms with Crippen LogP contribution in [0.1, 0.15) is 40.8 Å². The summed E-state index contributed by atoms with van der Waals surface area (Å²) in [6.07, 6.45) is 1.24. The van der Waals surface area contributed by atoms with E-state index in [9.17, 15) is 9.59 Å². The maximum absolute atomic E-state index is 12.0. The van der Waals surface area contributed by atoms with E-state index in [0.29, 0.717) is 36.9 Å². The van der Waals surface area contributed by atoms with Gasteiger partial charge in [-0.05, 0) is 13.0 Å². The summed E-state index contributed by atoms with van der Waals surface area (Å²) in [6.45, 7) is 4.92. The van der Waals surface area contributed by atoms with Gasteiger partial charge in [-0.2, -0.15) is 0 Å². The largest absolute Gasteiger partial charge is 0.367 e. The molecule has 1 saturated heterocycles. The number of hydrogen-bond donors (Lipinski definition) is 1. The predicted molar refractivity (Wildman–Crippen MR) is 85.4 cm³/mol. The minimum atomic E-state index is -0.370. The van der Waals surface area contributed by atoms with Gasteiger partial charge in [0.25, 0.3) is 5.91 Å². The van der Waals surface area contributed by atoms with Gasteiger partial charge < -0.3 is 19.5 Å². The van der Waals surface area contributed by atoms with Crippen LogP contribution in [0, 0.1) is 6.92 Å². The van der Waals surface area contributed by atoms with E-state index in [4.69, 9.17) is 9.26 Å². The van der Waals surface area contributed by atoms with E-state index in [2.05, 4.69) is 20.4 Å². The van der Waals surface area contributed by atoms with E-state index in [1.54, 1.807) is 30.2 Å². The zero-order valence-electron chi connectivity index (χ0n) is 14.1. The summed E-state index contributed by atoms with van der Waals surface area (Å²) in [7, 11) is 0. The van der Waals surface area contributed by atoms with E-state index in [0.717, 1.165) is 0 Å². The van der Waals surface area contributed by atoms with Crippen LogP contribution in [0.25, 0.3) is 0 Å². The lowest BCUT2D eigenvalue weighted by molar-refractivity contribution is -0.136. The molecule has 0 bridgehead atoms. The number of nitrogens with one attached hydrogen (secondary N) is 1. The molecule has 2 aromatic rings. The molecule has 1 aliphatic heterocycles. The van der Waals surface area contributed by atoms with Gasteiger partial charge in [0.1, 0.15) is 6.10 Å². The molecule has 25 heavy (non-hydrogen) atoms. The molecule has 132 valence electrons. The molecule has 3 heterocycles. The van der Waals surface area contributed by atoms with Crippen molar-refractivity contribution in [2.24, 2.45) is 0 Å². The summed E-state index contributed by atoms with van der Waals surface area (Å²) in [5.41, 5.74) is 1.28. The van der Waals surface area contributed by atoms with Crippen LogP contribution in [0.4, 0.5) is 0 Å². The number of carbonyl (C=O) groups is 2. The molecule has 0 radical (unpaired) electrons. The van der Waals surface area contributed by atoms with Crippen molar-refractivity contribution in [3.8, 4) is 0 Å². The van der Waals surface area contributed by atoms with Crippen molar-refractivity contribution in [1.82, 2.24) is 25.3 Å². The lowest BCUT2D eigenvalue weighted by Gasteiger charge is -2.31. The molecular weight excluding hydrogens is 326 g/mol. The van der Waals surface area contributed by atoms with Gasteiger partial charge in [-0.25, -0.2) is 9.97 Å². The van der Waals surface area contributed by atoms with E-state index in [-0.39, 0.29) is 30.2 Å². The average Bonchev–Trinajstić information content (AvgIpc) is 3.06. The second-order valence-corrected chi connectivity index (χ2v) is 5.75. The van der Waals surface area contributed by atoms with Crippen molar-refractivity contribution >= 4 is 11.8 Å². The molecular formula is C16H19N5O4. The van der Waals surface area contributed by atoms with Gasteiger partial charge >= 0.3 is 0 Å². The van der Waals surface area contributed by atoms with Gasteiger partial charge in [-0.3, -0.25) is 9.59 Å². The minimum absolute atomic E-state index is 0.000862. The molecule has 0 spiro atoms. The number of carbonyl (C=O) groups excluding carboxylic acids is 2. The number of rotatable bonds is 4. The monoisotopic (exact) mass is 345 g/mol. The predicted octanol–water partition coefficient (Wildman–Crippen LogP) is 0.623. The first-order chi connectivity index (χ1) is 12.0. The number of aryl methyl sites for hydroxylation is 1. The van der Waals surface area contributed by atoms with Crippen LogP contribution >= 0.6 is 0 Å². The standard InChI is InChI=1S/C16H19N5O4/c1-10-7-13(25-20-10)16(23)18-8-12-3-4-17-15(19-12)14-9-21(11(2)22)5-6-24-14/h3-4,7,14H,5-6,8-9H2,1-2H3,(H,18,23).